The molecule has 2 aromatic rings. The van der Waals surface area contributed by atoms with Crippen molar-refractivity contribution >= 4 is 37.1 Å². The molecule has 0 saturated carbocycles. The summed E-state index contributed by atoms with van der Waals surface area (Å²) in [5.41, 5.74) is 7.09. The lowest BCUT2D eigenvalue weighted by molar-refractivity contribution is 0.464. The van der Waals surface area contributed by atoms with Crippen molar-refractivity contribution < 1.29 is 16.8 Å². The van der Waals surface area contributed by atoms with E-state index >= 15 is 0 Å². The van der Waals surface area contributed by atoms with Crippen molar-refractivity contribution in [3.63, 3.8) is 0 Å². The molecule has 0 bridgehead atoms. The Morgan fingerprint density at radius 1 is 1.04 bits per heavy atom. The number of para-hydroxylation sites is 1. The minimum atomic E-state index is -4.08. The van der Waals surface area contributed by atoms with Crippen LogP contribution < -0.4 is 10.5 Å². The topological polar surface area (TPSA) is 106 Å². The van der Waals surface area contributed by atoms with Crippen LogP contribution in [0.3, 0.4) is 0 Å². The summed E-state index contributed by atoms with van der Waals surface area (Å²) in [5, 5.41) is -0.0616. The highest BCUT2D eigenvalue weighted by Crippen LogP contribution is 2.31. The zero-order valence-corrected chi connectivity index (χ0v) is 17.0. The maximum absolute atomic E-state index is 12.9. The van der Waals surface area contributed by atoms with Crippen LogP contribution in [0.15, 0.2) is 52.3 Å². The Balaban J connectivity index is 2.52. The van der Waals surface area contributed by atoms with Crippen molar-refractivity contribution in [3.8, 4) is 0 Å². The lowest BCUT2D eigenvalue weighted by atomic mass is 9.96. The standard InChI is InChI=1S/C17H21ClN2O4S2/c1-11(2)17(13-6-4-5-7-15(13)19)20-26(23,24)16-10-12(25(3,21)22)8-9-14(16)18/h4-11,17,20H,19H2,1-3H3/t17-/m1/s1. The first kappa shape index (κ1) is 20.7. The van der Waals surface area contributed by atoms with Gasteiger partial charge in [0.05, 0.1) is 16.0 Å². The second-order valence-corrected chi connectivity index (χ2v) is 10.4. The second-order valence-electron chi connectivity index (χ2n) is 6.34. The number of nitrogen functional groups attached to an aromatic ring is 1. The van der Waals surface area contributed by atoms with E-state index in [4.69, 9.17) is 17.3 Å². The van der Waals surface area contributed by atoms with Crippen molar-refractivity contribution in [1.29, 1.82) is 0 Å². The maximum Gasteiger partial charge on any atom is 0.242 e. The molecule has 9 heteroatoms. The summed E-state index contributed by atoms with van der Waals surface area (Å²) in [6, 6.07) is 9.96. The molecular weight excluding hydrogens is 396 g/mol. The van der Waals surface area contributed by atoms with Gasteiger partial charge in [0.1, 0.15) is 4.90 Å². The summed E-state index contributed by atoms with van der Waals surface area (Å²) in [6.07, 6.45) is 1.00. The van der Waals surface area contributed by atoms with E-state index in [1.807, 2.05) is 13.8 Å². The highest BCUT2D eigenvalue weighted by Gasteiger charge is 2.27. The van der Waals surface area contributed by atoms with E-state index in [2.05, 4.69) is 4.72 Å². The maximum atomic E-state index is 12.9. The Labute approximate surface area is 159 Å². The van der Waals surface area contributed by atoms with Gasteiger partial charge in [-0.15, -0.1) is 0 Å². The van der Waals surface area contributed by atoms with Crippen LogP contribution >= 0.6 is 11.6 Å². The van der Waals surface area contributed by atoms with Gasteiger partial charge in [-0.3, -0.25) is 0 Å². The summed E-state index contributed by atoms with van der Waals surface area (Å²) in [4.78, 5) is -0.412. The summed E-state index contributed by atoms with van der Waals surface area (Å²) in [5.74, 6) is -0.105. The molecular formula is C17H21ClN2O4S2. The van der Waals surface area contributed by atoms with Crippen LogP contribution in [0.5, 0.6) is 0 Å². The predicted molar refractivity (Wildman–Crippen MR) is 103 cm³/mol. The van der Waals surface area contributed by atoms with Gasteiger partial charge in [0.15, 0.2) is 9.84 Å². The summed E-state index contributed by atoms with van der Waals surface area (Å²) in [7, 11) is -7.66. The van der Waals surface area contributed by atoms with Gasteiger partial charge in [-0.2, -0.15) is 0 Å². The van der Waals surface area contributed by atoms with Gasteiger partial charge in [0, 0.05) is 11.9 Å². The first-order chi connectivity index (χ1) is 11.9. The number of benzene rings is 2. The van der Waals surface area contributed by atoms with Crippen LogP contribution in [0.25, 0.3) is 0 Å². The minimum Gasteiger partial charge on any atom is -0.398 e. The van der Waals surface area contributed by atoms with Crippen LogP contribution in [0.4, 0.5) is 5.69 Å². The van der Waals surface area contributed by atoms with Gasteiger partial charge in [-0.25, -0.2) is 21.6 Å². The van der Waals surface area contributed by atoms with E-state index in [0.717, 1.165) is 12.3 Å². The SMILES string of the molecule is CC(C)[C@@H](NS(=O)(=O)c1cc(S(C)(=O)=O)ccc1Cl)c1ccccc1N. The van der Waals surface area contributed by atoms with Gasteiger partial charge in [-0.1, -0.05) is 43.6 Å². The third-order valence-corrected chi connectivity index (χ3v) is 6.93. The number of nitrogens with two attached hydrogens (primary N) is 1. The van der Waals surface area contributed by atoms with E-state index in [1.165, 1.54) is 12.1 Å². The third kappa shape index (κ3) is 4.56. The molecule has 26 heavy (non-hydrogen) atoms. The third-order valence-electron chi connectivity index (χ3n) is 3.90. The Kier molecular flexibility index (Phi) is 6.02. The summed E-state index contributed by atoms with van der Waals surface area (Å²) in [6.45, 7) is 3.71. The molecule has 0 aliphatic carbocycles. The van der Waals surface area contributed by atoms with Crippen LogP contribution in [0.2, 0.25) is 5.02 Å². The van der Waals surface area contributed by atoms with Gasteiger partial charge in [0.25, 0.3) is 0 Å². The molecule has 0 spiro atoms. The number of nitrogens with one attached hydrogen (secondary N) is 1. The summed E-state index contributed by atoms with van der Waals surface area (Å²) >= 11 is 6.03. The fraction of sp³-hybridized carbons (Fsp3) is 0.294. The zero-order valence-electron chi connectivity index (χ0n) is 14.6. The van der Waals surface area contributed by atoms with Crippen LogP contribution in [0.1, 0.15) is 25.5 Å². The number of sulfonamides is 1. The largest absolute Gasteiger partial charge is 0.398 e. The van der Waals surface area contributed by atoms with Crippen LogP contribution in [0, 0.1) is 5.92 Å². The quantitative estimate of drug-likeness (QED) is 0.704. The Morgan fingerprint density at radius 3 is 2.19 bits per heavy atom. The van der Waals surface area contributed by atoms with Gasteiger partial charge < -0.3 is 5.73 Å². The molecule has 0 radical (unpaired) electrons. The number of hydrogen-bond donors (Lipinski definition) is 2. The fourth-order valence-electron chi connectivity index (χ4n) is 2.50. The zero-order chi connectivity index (χ0) is 19.7. The van der Waals surface area contributed by atoms with E-state index in [-0.39, 0.29) is 20.7 Å². The Morgan fingerprint density at radius 2 is 1.65 bits per heavy atom. The predicted octanol–water partition coefficient (Wildman–Crippen LogP) is 3.00. The minimum absolute atomic E-state index is 0.0616. The molecule has 0 heterocycles. The first-order valence-corrected chi connectivity index (χ1v) is 11.5. The molecule has 142 valence electrons. The monoisotopic (exact) mass is 416 g/mol. The number of hydrogen-bond acceptors (Lipinski definition) is 5. The number of halogens is 1. The van der Waals surface area contributed by atoms with Crippen molar-refractivity contribution in [1.82, 2.24) is 4.72 Å². The van der Waals surface area contributed by atoms with Crippen LogP contribution in [-0.4, -0.2) is 23.1 Å². The van der Waals surface area contributed by atoms with Gasteiger partial charge >= 0.3 is 0 Å². The molecule has 6 nitrogen and oxygen atoms in total. The van der Waals surface area contributed by atoms with Gasteiger partial charge in [0.2, 0.25) is 10.0 Å². The van der Waals surface area contributed by atoms with E-state index in [0.29, 0.717) is 11.3 Å². The van der Waals surface area contributed by atoms with E-state index < -0.39 is 25.9 Å². The van der Waals surface area contributed by atoms with Crippen molar-refractivity contribution in [2.24, 2.45) is 5.92 Å². The number of anilines is 1. The summed E-state index contributed by atoms with van der Waals surface area (Å²) < 4.78 is 51.9. The Hall–Kier alpha value is -1.61. The average molecular weight is 417 g/mol. The van der Waals surface area contributed by atoms with E-state index in [1.54, 1.807) is 24.3 Å². The molecule has 0 saturated heterocycles. The molecule has 0 aromatic heterocycles. The van der Waals surface area contributed by atoms with E-state index in [9.17, 15) is 16.8 Å². The molecule has 0 fully saturated rings. The Bertz CT molecular complexity index is 1020. The molecule has 0 aliphatic rings. The first-order valence-electron chi connectivity index (χ1n) is 7.80. The highest BCUT2D eigenvalue weighted by atomic mass is 35.5. The van der Waals surface area contributed by atoms with Crippen molar-refractivity contribution in [3.05, 3.63) is 53.1 Å². The highest BCUT2D eigenvalue weighted by molar-refractivity contribution is 7.91. The normalized spacial score (nSPS) is 13.7. The van der Waals surface area contributed by atoms with Crippen LogP contribution in [-0.2, 0) is 19.9 Å². The molecule has 0 amide bonds. The smallest absolute Gasteiger partial charge is 0.242 e. The molecule has 2 aromatic carbocycles. The number of rotatable bonds is 6. The lowest BCUT2D eigenvalue weighted by Gasteiger charge is -2.24. The second kappa shape index (κ2) is 7.56. The van der Waals surface area contributed by atoms with Crippen molar-refractivity contribution in [2.75, 3.05) is 12.0 Å². The molecule has 2 rings (SSSR count). The lowest BCUT2D eigenvalue weighted by Crippen LogP contribution is -2.32. The molecule has 0 unspecified atom stereocenters. The average Bonchev–Trinajstić information content (AvgIpc) is 2.52. The fourth-order valence-corrected chi connectivity index (χ4v) is 5.12. The number of sulfone groups is 1. The van der Waals surface area contributed by atoms with Gasteiger partial charge in [-0.05, 0) is 35.7 Å². The molecule has 1 atom stereocenters. The molecule has 0 aliphatic heterocycles. The van der Waals surface area contributed by atoms with Crippen molar-refractivity contribution in [2.45, 2.75) is 29.7 Å². The molecule has 3 N–H and O–H groups in total.